The second-order valence-electron chi connectivity index (χ2n) is 5.00. The summed E-state index contributed by atoms with van der Waals surface area (Å²) in [6.45, 7) is 0. The Kier molecular flexibility index (Phi) is 5.57. The van der Waals surface area contributed by atoms with E-state index in [1.807, 2.05) is 24.3 Å². The summed E-state index contributed by atoms with van der Waals surface area (Å²) >= 11 is 7.13. The van der Waals surface area contributed by atoms with Crippen molar-refractivity contribution in [1.82, 2.24) is 14.8 Å². The molecule has 6 nitrogen and oxygen atoms in total. The molecule has 0 saturated heterocycles. The van der Waals surface area contributed by atoms with Gasteiger partial charge in [-0.15, -0.1) is 10.2 Å². The third kappa shape index (κ3) is 4.32. The highest BCUT2D eigenvalue weighted by molar-refractivity contribution is 7.99. The third-order valence-electron chi connectivity index (χ3n) is 3.32. The fraction of sp³-hybridized carbons (Fsp3) is 0.118. The second-order valence-corrected chi connectivity index (χ2v) is 6.38. The van der Waals surface area contributed by atoms with Gasteiger partial charge in [-0.1, -0.05) is 35.5 Å². The molecule has 1 amide bonds. The fourth-order valence-corrected chi connectivity index (χ4v) is 3.03. The van der Waals surface area contributed by atoms with Crippen molar-refractivity contribution in [3.8, 4) is 11.4 Å². The quantitative estimate of drug-likeness (QED) is 0.667. The minimum absolute atomic E-state index is 0.137. The average Bonchev–Trinajstić information content (AvgIpc) is 3.10. The number of hydrogen-bond acceptors (Lipinski definition) is 5. The van der Waals surface area contributed by atoms with Crippen molar-refractivity contribution < 1.29 is 9.53 Å². The van der Waals surface area contributed by atoms with Crippen molar-refractivity contribution >= 4 is 35.0 Å². The maximum absolute atomic E-state index is 12.1. The topological polar surface area (TPSA) is 69.0 Å². The van der Waals surface area contributed by atoms with Gasteiger partial charge in [0.2, 0.25) is 5.91 Å². The lowest BCUT2D eigenvalue weighted by Crippen LogP contribution is -2.14. The lowest BCUT2D eigenvalue weighted by Gasteiger charge is -2.10. The highest BCUT2D eigenvalue weighted by atomic mass is 35.5. The van der Waals surface area contributed by atoms with Gasteiger partial charge in [-0.25, -0.2) is 0 Å². The summed E-state index contributed by atoms with van der Waals surface area (Å²) in [7, 11) is 1.61. The minimum atomic E-state index is -0.137. The van der Waals surface area contributed by atoms with Crippen molar-refractivity contribution in [2.45, 2.75) is 5.16 Å². The predicted octanol–water partition coefficient (Wildman–Crippen LogP) is 3.66. The Morgan fingerprint density at radius 1 is 1.24 bits per heavy atom. The number of rotatable bonds is 6. The number of nitrogens with one attached hydrogen (secondary N) is 1. The van der Waals surface area contributed by atoms with Crippen molar-refractivity contribution in [3.63, 3.8) is 0 Å². The van der Waals surface area contributed by atoms with Crippen LogP contribution in [0.25, 0.3) is 5.69 Å². The Hall–Kier alpha value is -2.51. The van der Waals surface area contributed by atoms with Gasteiger partial charge in [0.15, 0.2) is 5.16 Å². The number of ether oxygens (including phenoxy) is 1. The molecule has 1 heterocycles. The van der Waals surface area contributed by atoms with Gasteiger partial charge in [0, 0.05) is 10.7 Å². The molecule has 128 valence electrons. The van der Waals surface area contributed by atoms with E-state index >= 15 is 0 Å². The summed E-state index contributed by atoms with van der Waals surface area (Å²) < 4.78 is 7.15. The van der Waals surface area contributed by atoms with E-state index in [0.717, 1.165) is 5.69 Å². The SMILES string of the molecule is COc1ccccc1-n1cnnc1SCC(=O)Nc1ccc(Cl)cc1. The maximum atomic E-state index is 12.1. The van der Waals surface area contributed by atoms with Crippen LogP contribution in [0.15, 0.2) is 60.0 Å². The first-order valence-corrected chi connectivity index (χ1v) is 8.75. The lowest BCUT2D eigenvalue weighted by molar-refractivity contribution is -0.113. The van der Waals surface area contributed by atoms with Crippen LogP contribution in [-0.2, 0) is 4.79 Å². The first kappa shape index (κ1) is 17.3. The lowest BCUT2D eigenvalue weighted by atomic mass is 10.3. The molecule has 0 atom stereocenters. The highest BCUT2D eigenvalue weighted by Gasteiger charge is 2.13. The summed E-state index contributed by atoms with van der Waals surface area (Å²) in [4.78, 5) is 12.1. The van der Waals surface area contributed by atoms with Crippen LogP contribution in [0.3, 0.4) is 0 Å². The van der Waals surface area contributed by atoms with Gasteiger partial charge >= 0.3 is 0 Å². The molecule has 1 N–H and O–H groups in total. The van der Waals surface area contributed by atoms with Gasteiger partial charge in [0.25, 0.3) is 0 Å². The number of benzene rings is 2. The zero-order valence-corrected chi connectivity index (χ0v) is 14.9. The van der Waals surface area contributed by atoms with E-state index in [4.69, 9.17) is 16.3 Å². The van der Waals surface area contributed by atoms with Crippen molar-refractivity contribution in [2.75, 3.05) is 18.2 Å². The Labute approximate surface area is 154 Å². The molecule has 3 rings (SSSR count). The van der Waals surface area contributed by atoms with E-state index in [1.165, 1.54) is 11.8 Å². The Morgan fingerprint density at radius 3 is 2.76 bits per heavy atom. The van der Waals surface area contributed by atoms with Crippen molar-refractivity contribution in [1.29, 1.82) is 0 Å². The minimum Gasteiger partial charge on any atom is -0.495 e. The molecular formula is C17H15ClN4O2S. The molecule has 0 saturated carbocycles. The normalized spacial score (nSPS) is 10.5. The van der Waals surface area contributed by atoms with Crippen LogP contribution in [0.5, 0.6) is 5.75 Å². The maximum Gasteiger partial charge on any atom is 0.234 e. The molecule has 0 bridgehead atoms. The van der Waals surface area contributed by atoms with E-state index < -0.39 is 0 Å². The number of thioether (sulfide) groups is 1. The van der Waals surface area contributed by atoms with Crippen LogP contribution < -0.4 is 10.1 Å². The molecule has 0 aliphatic heterocycles. The molecule has 0 fully saturated rings. The molecule has 1 aromatic heterocycles. The number of anilines is 1. The van der Waals surface area contributed by atoms with Crippen LogP contribution >= 0.6 is 23.4 Å². The van der Waals surface area contributed by atoms with E-state index in [2.05, 4.69) is 15.5 Å². The monoisotopic (exact) mass is 374 g/mol. The van der Waals surface area contributed by atoms with E-state index in [9.17, 15) is 4.79 Å². The first-order chi connectivity index (χ1) is 12.2. The third-order valence-corrected chi connectivity index (χ3v) is 4.52. The van der Waals surface area contributed by atoms with Gasteiger partial charge < -0.3 is 10.1 Å². The Morgan fingerprint density at radius 2 is 2.00 bits per heavy atom. The number of para-hydroxylation sites is 2. The largest absolute Gasteiger partial charge is 0.495 e. The molecule has 0 aliphatic rings. The number of aromatic nitrogens is 3. The number of nitrogens with zero attached hydrogens (tertiary/aromatic N) is 3. The summed E-state index contributed by atoms with van der Waals surface area (Å²) in [6, 6.07) is 14.5. The Bertz CT molecular complexity index is 867. The van der Waals surface area contributed by atoms with Crippen LogP contribution in [0.4, 0.5) is 5.69 Å². The van der Waals surface area contributed by atoms with Gasteiger partial charge in [-0.2, -0.15) is 0 Å². The molecule has 3 aromatic rings. The molecule has 0 unspecified atom stereocenters. The smallest absolute Gasteiger partial charge is 0.234 e. The Balaban J connectivity index is 1.67. The first-order valence-electron chi connectivity index (χ1n) is 7.39. The second kappa shape index (κ2) is 8.04. The number of amides is 1. The number of carbonyl (C=O) groups is 1. The number of hydrogen-bond donors (Lipinski definition) is 1. The summed E-state index contributed by atoms with van der Waals surface area (Å²) in [5.41, 5.74) is 1.51. The molecule has 2 aromatic carbocycles. The average molecular weight is 375 g/mol. The van der Waals surface area contributed by atoms with E-state index in [1.54, 1.807) is 42.3 Å². The van der Waals surface area contributed by atoms with Crippen LogP contribution in [0, 0.1) is 0 Å². The van der Waals surface area contributed by atoms with Crippen LogP contribution in [0.2, 0.25) is 5.02 Å². The van der Waals surface area contributed by atoms with Gasteiger partial charge in [0.1, 0.15) is 12.1 Å². The fourth-order valence-electron chi connectivity index (χ4n) is 2.18. The molecule has 25 heavy (non-hydrogen) atoms. The van der Waals surface area contributed by atoms with E-state index in [-0.39, 0.29) is 11.7 Å². The molecule has 8 heteroatoms. The molecule has 0 radical (unpaired) electrons. The summed E-state index contributed by atoms with van der Waals surface area (Å²) in [5, 5.41) is 12.1. The van der Waals surface area contributed by atoms with Crippen molar-refractivity contribution in [3.05, 3.63) is 59.9 Å². The highest BCUT2D eigenvalue weighted by Crippen LogP contribution is 2.26. The van der Waals surface area contributed by atoms with Crippen LogP contribution in [-0.4, -0.2) is 33.5 Å². The van der Waals surface area contributed by atoms with Crippen LogP contribution in [0.1, 0.15) is 0 Å². The summed E-state index contributed by atoms with van der Waals surface area (Å²) in [6.07, 6.45) is 1.59. The standard InChI is InChI=1S/C17H15ClN4O2S/c1-24-15-5-3-2-4-14(15)22-11-19-21-17(22)25-10-16(23)20-13-8-6-12(18)7-9-13/h2-9,11H,10H2,1H3,(H,20,23). The van der Waals surface area contributed by atoms with Gasteiger partial charge in [-0.3, -0.25) is 9.36 Å². The molecular weight excluding hydrogens is 360 g/mol. The zero-order chi connectivity index (χ0) is 17.6. The summed E-state index contributed by atoms with van der Waals surface area (Å²) in [5.74, 6) is 0.771. The molecule has 0 spiro atoms. The van der Waals surface area contributed by atoms with Gasteiger partial charge in [-0.05, 0) is 36.4 Å². The predicted molar refractivity (Wildman–Crippen MR) is 98.7 cm³/mol. The van der Waals surface area contributed by atoms with E-state index in [0.29, 0.717) is 21.6 Å². The zero-order valence-electron chi connectivity index (χ0n) is 13.3. The number of halogens is 1. The van der Waals surface area contributed by atoms with Crippen molar-refractivity contribution in [2.24, 2.45) is 0 Å². The molecule has 0 aliphatic carbocycles. The number of carbonyl (C=O) groups excluding carboxylic acids is 1. The van der Waals surface area contributed by atoms with Gasteiger partial charge in [0.05, 0.1) is 18.6 Å². The number of methoxy groups -OCH3 is 1.